The average molecular weight is 154 g/mol. The van der Waals surface area contributed by atoms with E-state index in [0.29, 0.717) is 0 Å². The summed E-state index contributed by atoms with van der Waals surface area (Å²) < 4.78 is 0. The molecule has 2 heteroatoms. The maximum absolute atomic E-state index is 5.63. The van der Waals surface area contributed by atoms with Crippen molar-refractivity contribution in [3.05, 3.63) is 23.9 Å². The van der Waals surface area contributed by atoms with Crippen LogP contribution in [0.15, 0.2) is 23.9 Å². The van der Waals surface area contributed by atoms with Crippen LogP contribution in [0.2, 0.25) is 0 Å². The summed E-state index contributed by atoms with van der Waals surface area (Å²) in [6, 6.07) is 0. The van der Waals surface area contributed by atoms with Gasteiger partial charge in [-0.2, -0.15) is 0 Å². The highest BCUT2D eigenvalue weighted by Gasteiger charge is 1.94. The standard InChI is InChI=1S/C9H18N2/c1-4-9(10)8(3)6-7-11-5-2/h4,11H,3,5-7,10H2,1-2H3/b9-4-. The maximum Gasteiger partial charge on any atom is 0.0297 e. The van der Waals surface area contributed by atoms with E-state index in [-0.39, 0.29) is 0 Å². The molecule has 0 aliphatic heterocycles. The van der Waals surface area contributed by atoms with Gasteiger partial charge in [0.1, 0.15) is 0 Å². The highest BCUT2D eigenvalue weighted by Crippen LogP contribution is 2.03. The highest BCUT2D eigenvalue weighted by molar-refractivity contribution is 5.24. The van der Waals surface area contributed by atoms with Crippen molar-refractivity contribution in [2.75, 3.05) is 13.1 Å². The second kappa shape index (κ2) is 5.98. The molecule has 0 rings (SSSR count). The van der Waals surface area contributed by atoms with Gasteiger partial charge in [0.25, 0.3) is 0 Å². The van der Waals surface area contributed by atoms with Crippen molar-refractivity contribution < 1.29 is 0 Å². The number of hydrogen-bond donors (Lipinski definition) is 2. The molecule has 0 heterocycles. The maximum atomic E-state index is 5.63. The lowest BCUT2D eigenvalue weighted by atomic mass is 10.1. The van der Waals surface area contributed by atoms with Gasteiger partial charge in [0.15, 0.2) is 0 Å². The first-order valence-corrected chi connectivity index (χ1v) is 4.03. The number of rotatable bonds is 5. The lowest BCUT2D eigenvalue weighted by Crippen LogP contribution is -2.15. The van der Waals surface area contributed by atoms with E-state index in [0.717, 1.165) is 30.8 Å². The Morgan fingerprint density at radius 2 is 2.27 bits per heavy atom. The molecule has 11 heavy (non-hydrogen) atoms. The molecule has 0 aromatic carbocycles. The van der Waals surface area contributed by atoms with Gasteiger partial charge in [-0.05, 0) is 32.0 Å². The summed E-state index contributed by atoms with van der Waals surface area (Å²) in [4.78, 5) is 0. The molecule has 0 unspecified atom stereocenters. The van der Waals surface area contributed by atoms with Crippen molar-refractivity contribution in [2.24, 2.45) is 5.73 Å². The minimum Gasteiger partial charge on any atom is -0.399 e. The van der Waals surface area contributed by atoms with E-state index in [4.69, 9.17) is 5.73 Å². The number of nitrogens with one attached hydrogen (secondary N) is 1. The summed E-state index contributed by atoms with van der Waals surface area (Å²) in [6.45, 7) is 9.84. The Kier molecular flexibility index (Phi) is 5.57. The van der Waals surface area contributed by atoms with Gasteiger partial charge >= 0.3 is 0 Å². The van der Waals surface area contributed by atoms with Crippen molar-refractivity contribution in [2.45, 2.75) is 20.3 Å². The summed E-state index contributed by atoms with van der Waals surface area (Å²) in [5.41, 5.74) is 7.46. The summed E-state index contributed by atoms with van der Waals surface area (Å²) >= 11 is 0. The van der Waals surface area contributed by atoms with Crippen LogP contribution in [-0.4, -0.2) is 13.1 Å². The lowest BCUT2D eigenvalue weighted by molar-refractivity contribution is 0.715. The Labute approximate surface area is 69.2 Å². The molecule has 0 saturated carbocycles. The summed E-state index contributed by atoms with van der Waals surface area (Å²) in [5.74, 6) is 0. The molecule has 0 radical (unpaired) electrons. The van der Waals surface area contributed by atoms with E-state index in [2.05, 4.69) is 18.8 Å². The normalized spacial score (nSPS) is 11.6. The van der Waals surface area contributed by atoms with Gasteiger partial charge in [0, 0.05) is 5.70 Å². The SMILES string of the molecule is C=C(CCNCC)/C(N)=C/C. The molecule has 0 amide bonds. The second-order valence-electron chi connectivity index (χ2n) is 2.45. The third-order valence-corrected chi connectivity index (χ3v) is 1.57. The third-order valence-electron chi connectivity index (χ3n) is 1.57. The van der Waals surface area contributed by atoms with Crippen molar-refractivity contribution in [1.82, 2.24) is 5.32 Å². The fourth-order valence-electron chi connectivity index (χ4n) is 0.765. The monoisotopic (exact) mass is 154 g/mol. The molecule has 0 fully saturated rings. The molecule has 0 saturated heterocycles. The largest absolute Gasteiger partial charge is 0.399 e. The minimum atomic E-state index is 0.808. The second-order valence-corrected chi connectivity index (χ2v) is 2.45. The number of hydrogen-bond acceptors (Lipinski definition) is 2. The molecule has 2 nitrogen and oxygen atoms in total. The number of nitrogens with two attached hydrogens (primary N) is 1. The molecule has 64 valence electrons. The van der Waals surface area contributed by atoms with Crippen molar-refractivity contribution in [3.8, 4) is 0 Å². The first-order valence-electron chi connectivity index (χ1n) is 4.03. The molecule has 0 aliphatic rings. The first-order chi connectivity index (χ1) is 5.22. The molecular weight excluding hydrogens is 136 g/mol. The number of allylic oxidation sites excluding steroid dienone is 2. The summed E-state index contributed by atoms with van der Waals surface area (Å²) in [6.07, 6.45) is 2.82. The molecule has 0 spiro atoms. The van der Waals surface area contributed by atoms with Gasteiger partial charge in [0.2, 0.25) is 0 Å². The molecule has 0 aliphatic carbocycles. The Morgan fingerprint density at radius 3 is 2.73 bits per heavy atom. The van der Waals surface area contributed by atoms with E-state index in [1.54, 1.807) is 0 Å². The fourth-order valence-corrected chi connectivity index (χ4v) is 0.765. The van der Waals surface area contributed by atoms with Gasteiger partial charge in [-0.15, -0.1) is 0 Å². The van der Waals surface area contributed by atoms with Crippen LogP contribution in [0.3, 0.4) is 0 Å². The van der Waals surface area contributed by atoms with Gasteiger partial charge in [-0.25, -0.2) is 0 Å². The van der Waals surface area contributed by atoms with Crippen LogP contribution in [0.4, 0.5) is 0 Å². The van der Waals surface area contributed by atoms with Crippen molar-refractivity contribution in [1.29, 1.82) is 0 Å². The van der Waals surface area contributed by atoms with Crippen LogP contribution in [0.5, 0.6) is 0 Å². The van der Waals surface area contributed by atoms with Crippen LogP contribution in [0.1, 0.15) is 20.3 Å². The zero-order valence-corrected chi connectivity index (χ0v) is 7.48. The van der Waals surface area contributed by atoms with E-state index < -0.39 is 0 Å². The van der Waals surface area contributed by atoms with Crippen molar-refractivity contribution >= 4 is 0 Å². The van der Waals surface area contributed by atoms with Crippen LogP contribution in [0.25, 0.3) is 0 Å². The topological polar surface area (TPSA) is 38.0 Å². The fraction of sp³-hybridized carbons (Fsp3) is 0.556. The Morgan fingerprint density at radius 1 is 1.64 bits per heavy atom. The Hall–Kier alpha value is -0.760. The van der Waals surface area contributed by atoms with Gasteiger partial charge in [-0.3, -0.25) is 0 Å². The predicted molar refractivity (Wildman–Crippen MR) is 50.2 cm³/mol. The van der Waals surface area contributed by atoms with Crippen LogP contribution in [0, 0.1) is 0 Å². The van der Waals surface area contributed by atoms with Gasteiger partial charge in [-0.1, -0.05) is 19.6 Å². The Bertz CT molecular complexity index is 148. The summed E-state index contributed by atoms with van der Waals surface area (Å²) in [5, 5.41) is 3.21. The highest BCUT2D eigenvalue weighted by atomic mass is 14.8. The summed E-state index contributed by atoms with van der Waals surface area (Å²) in [7, 11) is 0. The minimum absolute atomic E-state index is 0.808. The zero-order chi connectivity index (χ0) is 8.69. The lowest BCUT2D eigenvalue weighted by Gasteiger charge is -2.05. The zero-order valence-electron chi connectivity index (χ0n) is 7.48. The smallest absolute Gasteiger partial charge is 0.0297 e. The molecular formula is C9H18N2. The third kappa shape index (κ3) is 4.62. The molecule has 0 atom stereocenters. The van der Waals surface area contributed by atoms with Crippen LogP contribution in [-0.2, 0) is 0 Å². The van der Waals surface area contributed by atoms with Crippen molar-refractivity contribution in [3.63, 3.8) is 0 Å². The molecule has 0 aromatic rings. The predicted octanol–water partition coefficient (Wildman–Crippen LogP) is 1.40. The van der Waals surface area contributed by atoms with Gasteiger partial charge in [0.05, 0.1) is 0 Å². The Balaban J connectivity index is 3.53. The first kappa shape index (κ1) is 10.2. The molecule has 0 bridgehead atoms. The van der Waals surface area contributed by atoms with E-state index in [1.807, 2.05) is 13.0 Å². The van der Waals surface area contributed by atoms with E-state index in [1.165, 1.54) is 0 Å². The quantitative estimate of drug-likeness (QED) is 0.464. The van der Waals surface area contributed by atoms with Crippen LogP contribution >= 0.6 is 0 Å². The van der Waals surface area contributed by atoms with E-state index >= 15 is 0 Å². The molecule has 0 aromatic heterocycles. The van der Waals surface area contributed by atoms with Crippen LogP contribution < -0.4 is 11.1 Å². The van der Waals surface area contributed by atoms with E-state index in [9.17, 15) is 0 Å². The average Bonchev–Trinajstić information content (AvgIpc) is 2.03. The molecule has 3 N–H and O–H groups in total. The van der Waals surface area contributed by atoms with Gasteiger partial charge < -0.3 is 11.1 Å².